The van der Waals surface area contributed by atoms with Crippen molar-refractivity contribution in [3.05, 3.63) is 337 Å². The Morgan fingerprint density at radius 3 is 1.29 bits per heavy atom. The van der Waals surface area contributed by atoms with Crippen LogP contribution in [-0.2, 0) is 26.9 Å². The number of furan rings is 1. The summed E-state index contributed by atoms with van der Waals surface area (Å²) < 4.78 is 62.3. The van der Waals surface area contributed by atoms with Gasteiger partial charge in [0.1, 0.15) is 16.2 Å². The number of hydroxylamine groups is 5. The summed E-state index contributed by atoms with van der Waals surface area (Å²) in [6, 6.07) is 61.6. The van der Waals surface area contributed by atoms with Crippen LogP contribution in [0, 0.1) is 32.6 Å². The third-order valence-electron chi connectivity index (χ3n) is 20.3. The quantitative estimate of drug-likeness (QED) is 0.0177. The number of carbonyl (C=O) groups excluding carboxylic acids is 8. The number of aromatic nitrogens is 4. The summed E-state index contributed by atoms with van der Waals surface area (Å²) in [6.45, 7) is 22.9. The molecule has 34 heteroatoms. The molecule has 0 spiro atoms. The molecule has 8 amide bonds. The summed E-state index contributed by atoms with van der Waals surface area (Å²) in [5.41, 5.74) is 19.4. The molecule has 31 nitrogen and oxygen atoms in total. The molecule has 662 valence electrons. The zero-order valence-corrected chi connectivity index (χ0v) is 73.8. The average molecular weight is 1780 g/mol. The molecule has 0 bridgehead atoms. The van der Waals surface area contributed by atoms with E-state index >= 15 is 0 Å². The minimum Gasteiger partial charge on any atom is -0.451 e. The van der Waals surface area contributed by atoms with Crippen molar-refractivity contribution in [3.8, 4) is 5.69 Å². The molecular weight excluding hydrogens is 1670 g/mol. The molecule has 9 aromatic carbocycles. The minimum atomic E-state index is -3.80. The van der Waals surface area contributed by atoms with Crippen LogP contribution in [0.15, 0.2) is 251 Å². The Hall–Kier alpha value is -13.4. The highest BCUT2D eigenvalue weighted by molar-refractivity contribution is 7.91. The second-order valence-corrected chi connectivity index (χ2v) is 34.4. The number of benzene rings is 9. The van der Waals surface area contributed by atoms with Gasteiger partial charge in [-0.25, -0.2) is 53.6 Å². The van der Waals surface area contributed by atoms with Gasteiger partial charge in [0.2, 0.25) is 10.0 Å². The number of nitrogens with zero attached hydrogens (tertiary/aromatic N) is 4. The monoisotopic (exact) mass is 1780 g/mol. The fourth-order valence-corrected chi connectivity index (χ4v) is 16.9. The molecule has 0 aliphatic carbocycles. The Labute approximate surface area is 734 Å². The average Bonchev–Trinajstić information content (AvgIpc) is 1.73. The van der Waals surface area contributed by atoms with Crippen molar-refractivity contribution >= 4 is 89.7 Å². The Morgan fingerprint density at radius 1 is 0.452 bits per heavy atom. The number of aryl methyl sites for hydroxylation is 4. The zero-order chi connectivity index (χ0) is 92.4. The molecule has 14 N–H and O–H groups in total. The van der Waals surface area contributed by atoms with Crippen molar-refractivity contribution in [3.63, 3.8) is 0 Å². The van der Waals surface area contributed by atoms with Crippen molar-refractivity contribution in [2.75, 3.05) is 5.75 Å². The maximum Gasteiger partial charge on any atom is 0.287 e. The Balaban J connectivity index is 0.000000195. The van der Waals surface area contributed by atoms with Crippen LogP contribution in [-0.4, -0.2) is 115 Å². The van der Waals surface area contributed by atoms with E-state index in [1.165, 1.54) is 23.7 Å². The molecule has 3 unspecified atom stereocenters. The number of nitrogens with one attached hydrogen (secondary N) is 9. The maximum absolute atomic E-state index is 12.8. The van der Waals surface area contributed by atoms with Crippen LogP contribution in [0.1, 0.15) is 232 Å². The number of sulfonamides is 1. The van der Waals surface area contributed by atoms with Gasteiger partial charge in [-0.05, 0) is 214 Å². The molecule has 12 rings (SSSR count). The SMILES string of the molecule is CC(C)c1cc(C(=O)NC(C)c2ccc(C(=O)NO)cc2)n(C)n1.CC(NC(=O)c1ccc(-n2cccn2)cc1)c1ccc(C(=O)NO)cc1.Cc1c(C(=O)N[C@@H](c2ccc(C(=O)NO)cc2)C(C)C)oc2ccccc12.Cc1ccc(S(=O)(=O)C[C@@H](c2ccc(C(=O)NO)cc2)C(C)C)cc1.Cc1cccc(Cl)c1S(=O)(=O)NC(C)c1ccc(C(=O)NO)cc1. The van der Waals surface area contributed by atoms with Gasteiger partial charge in [-0.2, -0.15) is 10.2 Å². The standard InChI is InChI=1S/C21H22N2O4.C19H18N4O3.C19H23NO4S.C17H22N4O3.C16H17ClN2O4S/c1-12(2)18(14-8-10-15(11-9-14)20(24)23-26)22-21(25)19-13(3)16-6-4-5-7-17(16)27-19;1-13(14-3-5-16(6-4-14)19(25)22-26)21-18(24)15-7-9-17(10-8-15)23-12-2-11-20-23;1-13(2)18(15-6-8-16(9-7-15)19(21)20-22)12-25(23,24)17-10-4-14(3)5-11-17;1-10(2)14-9-15(21(4)19-14)17(23)18-11(3)12-5-7-13(8-6-12)16(22)20-24;1-10-4-3-5-14(17)15(10)24(22,23)19-11(2)12-6-8-13(9-7-12)16(20)18-21/h4-12,18,26H,1-3H3,(H,22,25)(H,23,24);2-13,26H,1H3,(H,21,24)(H,22,25);4-11,13,18,22H,12H2,1-3H3,(H,20,21);5-11,24H,1-4H3,(H,18,23)(H,20,22);3-9,11,19,21H,1-2H3,(H,18,20)/t18-;;18-;;/m1.1../s1. The van der Waals surface area contributed by atoms with E-state index < -0.39 is 55.4 Å². The first-order valence-corrected chi connectivity index (χ1v) is 43.2. The molecule has 0 aliphatic rings. The first-order chi connectivity index (χ1) is 59.8. The number of amides is 8. The number of hydrogen-bond donors (Lipinski definition) is 14. The number of sulfone groups is 1. The number of halogens is 1. The fourth-order valence-electron chi connectivity index (χ4n) is 13.0. The van der Waals surface area contributed by atoms with Crippen molar-refractivity contribution in [1.82, 2.24) is 67.6 Å². The first kappa shape index (κ1) is 98.1. The van der Waals surface area contributed by atoms with Crippen molar-refractivity contribution in [2.45, 2.75) is 129 Å². The lowest BCUT2D eigenvalue weighted by atomic mass is 9.89. The minimum absolute atomic E-state index is 0.000723. The Bertz CT molecular complexity index is 5960. The van der Waals surface area contributed by atoms with E-state index in [0.717, 1.165) is 50.1 Å². The largest absolute Gasteiger partial charge is 0.451 e. The van der Waals surface area contributed by atoms with E-state index in [-0.39, 0.29) is 80.8 Å². The highest BCUT2D eigenvalue weighted by Gasteiger charge is 2.29. The van der Waals surface area contributed by atoms with Gasteiger partial charge in [0, 0.05) is 75.7 Å². The van der Waals surface area contributed by atoms with Gasteiger partial charge in [0.25, 0.3) is 47.3 Å². The lowest BCUT2D eigenvalue weighted by Gasteiger charge is -2.22. The summed E-state index contributed by atoms with van der Waals surface area (Å²) >= 11 is 6.03. The molecular formula is C92H102ClN13O18S2. The van der Waals surface area contributed by atoms with Crippen LogP contribution < -0.4 is 48.1 Å². The number of fused-ring (bicyclic) bond motifs is 1. The van der Waals surface area contributed by atoms with Crippen molar-refractivity contribution < 1.29 is 85.6 Å². The third-order valence-corrected chi connectivity index (χ3v) is 24.3. The summed E-state index contributed by atoms with van der Waals surface area (Å²) in [7, 11) is -5.48. The van der Waals surface area contributed by atoms with E-state index in [0.29, 0.717) is 60.9 Å². The summed E-state index contributed by atoms with van der Waals surface area (Å²) in [4.78, 5) is 94.9. The van der Waals surface area contributed by atoms with Crippen LogP contribution >= 0.6 is 11.6 Å². The molecule has 3 heterocycles. The van der Waals surface area contributed by atoms with Crippen molar-refractivity contribution in [1.29, 1.82) is 0 Å². The van der Waals surface area contributed by atoms with Crippen molar-refractivity contribution in [2.24, 2.45) is 18.9 Å². The zero-order valence-electron chi connectivity index (χ0n) is 71.4. The highest BCUT2D eigenvalue weighted by Crippen LogP contribution is 2.32. The lowest BCUT2D eigenvalue weighted by Crippen LogP contribution is -2.32. The van der Waals surface area contributed by atoms with Gasteiger partial charge in [-0.15, -0.1) is 0 Å². The smallest absolute Gasteiger partial charge is 0.287 e. The summed E-state index contributed by atoms with van der Waals surface area (Å²) in [5, 5.41) is 61.7. The van der Waals surface area contributed by atoms with Gasteiger partial charge in [0.05, 0.1) is 45.2 Å². The Morgan fingerprint density at radius 2 is 0.881 bits per heavy atom. The van der Waals surface area contributed by atoms with E-state index in [9.17, 15) is 55.2 Å². The Kier molecular flexibility index (Phi) is 35.3. The molecule has 0 saturated carbocycles. The molecule has 5 atom stereocenters. The highest BCUT2D eigenvalue weighted by atomic mass is 35.5. The summed E-state index contributed by atoms with van der Waals surface area (Å²) in [5.74, 6) is -3.06. The predicted octanol–water partition coefficient (Wildman–Crippen LogP) is 14.8. The van der Waals surface area contributed by atoms with Gasteiger partial charge >= 0.3 is 0 Å². The number of rotatable bonds is 26. The van der Waals surface area contributed by atoms with Crippen LogP contribution in [0.3, 0.4) is 0 Å². The van der Waals surface area contributed by atoms with E-state index in [1.807, 2.05) is 118 Å². The van der Waals surface area contributed by atoms with E-state index in [2.05, 4.69) is 30.9 Å². The molecule has 3 aromatic heterocycles. The number of para-hydroxylation sites is 1. The summed E-state index contributed by atoms with van der Waals surface area (Å²) in [6.07, 6.45) is 3.52. The predicted molar refractivity (Wildman–Crippen MR) is 473 cm³/mol. The molecule has 0 saturated heterocycles. The molecule has 126 heavy (non-hydrogen) atoms. The van der Waals surface area contributed by atoms with Gasteiger partial charge in [-0.3, -0.25) is 69.1 Å². The third kappa shape index (κ3) is 26.4. The topological polar surface area (TPSA) is 463 Å². The van der Waals surface area contributed by atoms with Gasteiger partial charge in [-0.1, -0.05) is 162 Å². The molecule has 0 aliphatic heterocycles. The number of carbonyl (C=O) groups is 8. The van der Waals surface area contributed by atoms with Crippen LogP contribution in [0.25, 0.3) is 16.7 Å². The normalized spacial score (nSPS) is 12.3. The van der Waals surface area contributed by atoms with Gasteiger partial charge < -0.3 is 20.4 Å². The lowest BCUT2D eigenvalue weighted by molar-refractivity contribution is 0.0702. The molecule has 12 aromatic rings. The van der Waals surface area contributed by atoms with Gasteiger partial charge in [0.15, 0.2) is 15.6 Å². The van der Waals surface area contributed by atoms with Crippen LogP contribution in [0.5, 0.6) is 0 Å². The van der Waals surface area contributed by atoms with Crippen LogP contribution in [0.4, 0.5) is 0 Å². The van der Waals surface area contributed by atoms with E-state index in [4.69, 9.17) is 42.1 Å². The fraction of sp³-hybridized carbons (Fsp3) is 0.239. The molecule has 0 fully saturated rings. The van der Waals surface area contributed by atoms with E-state index in [1.54, 1.807) is 222 Å². The number of hydrogen-bond acceptors (Lipinski definition) is 20. The van der Waals surface area contributed by atoms with Crippen LogP contribution in [0.2, 0.25) is 5.02 Å². The first-order valence-electron chi connectivity index (χ1n) is 39.7. The second-order valence-electron chi connectivity index (χ2n) is 30.4. The molecule has 0 radical (unpaired) electrons. The maximum atomic E-state index is 12.8. The second kappa shape index (κ2) is 45.3.